The van der Waals surface area contributed by atoms with E-state index < -0.39 is 17.3 Å². The molecule has 4 rings (SSSR count). The summed E-state index contributed by atoms with van der Waals surface area (Å²) in [5, 5.41) is 8.80. The smallest absolute Gasteiger partial charge is 0.369 e. The van der Waals surface area contributed by atoms with E-state index >= 15 is 0 Å². The van der Waals surface area contributed by atoms with E-state index in [0.717, 1.165) is 16.8 Å². The zero-order valence-electron chi connectivity index (χ0n) is 16.5. The second-order valence-electron chi connectivity index (χ2n) is 7.18. The first-order valence-electron chi connectivity index (χ1n) is 9.65. The summed E-state index contributed by atoms with van der Waals surface area (Å²) in [5.41, 5.74) is -1.17. The zero-order valence-corrected chi connectivity index (χ0v) is 18.0. The fourth-order valence-electron chi connectivity index (χ4n) is 3.42. The molecule has 0 spiro atoms. The maximum Gasteiger partial charge on any atom is 0.417 e. The number of thiophene rings is 1. The summed E-state index contributed by atoms with van der Waals surface area (Å²) < 4.78 is 39.0. The Bertz CT molecular complexity index is 1160. The number of hydrogen-bond acceptors (Lipinski definition) is 6. The van der Waals surface area contributed by atoms with Crippen molar-refractivity contribution in [2.45, 2.75) is 25.1 Å². The zero-order chi connectivity index (χ0) is 22.9. The van der Waals surface area contributed by atoms with Gasteiger partial charge in [-0.15, -0.1) is 11.3 Å². The summed E-state index contributed by atoms with van der Waals surface area (Å²) in [7, 11) is 0. The summed E-state index contributed by atoms with van der Waals surface area (Å²) in [6, 6.07) is 5.48. The van der Waals surface area contributed by atoms with E-state index in [2.05, 4.69) is 15.4 Å². The summed E-state index contributed by atoms with van der Waals surface area (Å²) in [4.78, 5) is 31.1. The molecule has 0 saturated carbocycles. The summed E-state index contributed by atoms with van der Waals surface area (Å²) in [6.45, 7) is 1.11. The number of amides is 1. The molecule has 32 heavy (non-hydrogen) atoms. The standard InChI is InChI=1S/C20H17ClF3N5O2S/c21-17-14(28-7-5-13(6-8-28)27-18(30)15-2-1-9-32-15)11-26-29(19(17)31)16-4-3-12(10-25-16)20(22,23)24/h1-4,9-11,13H,5-8H2,(H,27,30). The van der Waals surface area contributed by atoms with Crippen molar-refractivity contribution in [2.75, 3.05) is 18.0 Å². The fourth-order valence-corrected chi connectivity index (χ4v) is 4.29. The number of nitrogens with zero attached hydrogens (tertiary/aromatic N) is 4. The van der Waals surface area contributed by atoms with Crippen LogP contribution < -0.4 is 15.8 Å². The maximum atomic E-state index is 12.7. The minimum absolute atomic E-state index is 0.00398. The molecule has 12 heteroatoms. The molecule has 1 amide bonds. The summed E-state index contributed by atoms with van der Waals surface area (Å²) in [5.74, 6) is -0.170. The highest BCUT2D eigenvalue weighted by molar-refractivity contribution is 7.12. The Kier molecular flexibility index (Phi) is 6.20. The van der Waals surface area contributed by atoms with Gasteiger partial charge in [0, 0.05) is 25.3 Å². The molecule has 0 atom stereocenters. The first-order valence-corrected chi connectivity index (χ1v) is 10.9. The number of pyridine rings is 1. The van der Waals surface area contributed by atoms with Crippen LogP contribution in [-0.4, -0.2) is 39.8 Å². The van der Waals surface area contributed by atoms with Gasteiger partial charge in [-0.1, -0.05) is 17.7 Å². The largest absolute Gasteiger partial charge is 0.417 e. The third kappa shape index (κ3) is 4.63. The quantitative estimate of drug-likeness (QED) is 0.611. The van der Waals surface area contributed by atoms with Gasteiger partial charge < -0.3 is 10.2 Å². The monoisotopic (exact) mass is 483 g/mol. The van der Waals surface area contributed by atoms with Gasteiger partial charge in [-0.2, -0.15) is 23.0 Å². The highest BCUT2D eigenvalue weighted by Gasteiger charge is 2.31. The number of anilines is 1. The number of nitrogens with one attached hydrogen (secondary N) is 1. The van der Waals surface area contributed by atoms with Gasteiger partial charge in [-0.3, -0.25) is 9.59 Å². The van der Waals surface area contributed by atoms with Crippen LogP contribution in [0.1, 0.15) is 28.1 Å². The number of hydrogen-bond donors (Lipinski definition) is 1. The Morgan fingerprint density at radius 2 is 1.94 bits per heavy atom. The van der Waals surface area contributed by atoms with Crippen LogP contribution in [0.3, 0.4) is 0 Å². The minimum atomic E-state index is -4.53. The van der Waals surface area contributed by atoms with Gasteiger partial charge >= 0.3 is 6.18 Å². The first kappa shape index (κ1) is 22.3. The lowest BCUT2D eigenvalue weighted by Crippen LogP contribution is -2.45. The molecule has 1 aliphatic heterocycles. The van der Waals surface area contributed by atoms with Gasteiger partial charge in [0.15, 0.2) is 5.82 Å². The van der Waals surface area contributed by atoms with E-state index in [1.807, 2.05) is 16.3 Å². The van der Waals surface area contributed by atoms with Crippen LogP contribution in [0.15, 0.2) is 46.8 Å². The van der Waals surface area contributed by atoms with Crippen molar-refractivity contribution in [1.82, 2.24) is 20.1 Å². The van der Waals surface area contributed by atoms with Gasteiger partial charge in [0.25, 0.3) is 11.5 Å². The molecule has 168 valence electrons. The first-order chi connectivity index (χ1) is 15.2. The molecule has 0 bridgehead atoms. The molecule has 3 aromatic rings. The number of carbonyl (C=O) groups excluding carboxylic acids is 1. The lowest BCUT2D eigenvalue weighted by atomic mass is 10.0. The van der Waals surface area contributed by atoms with E-state index in [1.165, 1.54) is 17.5 Å². The summed E-state index contributed by atoms with van der Waals surface area (Å²) >= 11 is 7.66. The van der Waals surface area contributed by atoms with E-state index in [9.17, 15) is 22.8 Å². The molecule has 0 aromatic carbocycles. The van der Waals surface area contributed by atoms with Crippen molar-refractivity contribution in [3.05, 3.63) is 67.9 Å². The predicted octanol–water partition coefficient (Wildman–Crippen LogP) is 3.76. The third-order valence-corrected chi connectivity index (χ3v) is 6.33. The molecule has 1 aliphatic rings. The van der Waals surface area contributed by atoms with Gasteiger partial charge in [0.1, 0.15) is 5.02 Å². The second kappa shape index (κ2) is 8.91. The molecule has 7 nitrogen and oxygen atoms in total. The Labute approximate surface area is 189 Å². The van der Waals surface area contributed by atoms with Crippen LogP contribution in [0.5, 0.6) is 0 Å². The lowest BCUT2D eigenvalue weighted by Gasteiger charge is -2.34. The van der Waals surface area contributed by atoms with Crippen molar-refractivity contribution in [3.8, 4) is 5.82 Å². The van der Waals surface area contributed by atoms with Crippen molar-refractivity contribution in [3.63, 3.8) is 0 Å². The van der Waals surface area contributed by atoms with E-state index in [4.69, 9.17) is 11.6 Å². The normalized spacial score (nSPS) is 15.1. The van der Waals surface area contributed by atoms with Crippen molar-refractivity contribution >= 4 is 34.5 Å². The Balaban J connectivity index is 1.45. The minimum Gasteiger partial charge on any atom is -0.369 e. The van der Waals surface area contributed by atoms with Gasteiger partial charge in [-0.25, -0.2) is 4.98 Å². The Morgan fingerprint density at radius 3 is 2.53 bits per heavy atom. The molecular weight excluding hydrogens is 467 g/mol. The van der Waals surface area contributed by atoms with E-state index in [0.29, 0.717) is 42.7 Å². The van der Waals surface area contributed by atoms with Crippen molar-refractivity contribution in [2.24, 2.45) is 0 Å². The van der Waals surface area contributed by atoms with Crippen molar-refractivity contribution < 1.29 is 18.0 Å². The average Bonchev–Trinajstić information content (AvgIpc) is 3.31. The van der Waals surface area contributed by atoms with Crippen LogP contribution in [0, 0.1) is 0 Å². The molecule has 0 radical (unpaired) electrons. The molecule has 0 unspecified atom stereocenters. The van der Waals surface area contributed by atoms with Crippen LogP contribution in [0.25, 0.3) is 5.82 Å². The number of carbonyl (C=O) groups is 1. The number of rotatable bonds is 4. The highest BCUT2D eigenvalue weighted by atomic mass is 35.5. The second-order valence-corrected chi connectivity index (χ2v) is 8.50. The Morgan fingerprint density at radius 1 is 1.19 bits per heavy atom. The lowest BCUT2D eigenvalue weighted by molar-refractivity contribution is -0.137. The fraction of sp³-hybridized carbons (Fsp3) is 0.300. The van der Waals surface area contributed by atoms with Gasteiger partial charge in [0.05, 0.1) is 22.3 Å². The van der Waals surface area contributed by atoms with Gasteiger partial charge in [0.2, 0.25) is 0 Å². The molecule has 1 fully saturated rings. The highest BCUT2D eigenvalue weighted by Crippen LogP contribution is 2.29. The van der Waals surface area contributed by atoms with Crippen LogP contribution in [0.2, 0.25) is 5.02 Å². The van der Waals surface area contributed by atoms with E-state index in [-0.39, 0.29) is 22.8 Å². The molecule has 1 saturated heterocycles. The van der Waals surface area contributed by atoms with Crippen LogP contribution >= 0.6 is 22.9 Å². The van der Waals surface area contributed by atoms with E-state index in [1.54, 1.807) is 6.07 Å². The average molecular weight is 484 g/mol. The SMILES string of the molecule is O=C(NC1CCN(c2cnn(-c3ccc(C(F)(F)F)cn3)c(=O)c2Cl)CC1)c1cccs1. The van der Waals surface area contributed by atoms with Crippen LogP contribution in [-0.2, 0) is 6.18 Å². The number of piperidine rings is 1. The maximum absolute atomic E-state index is 12.7. The van der Waals surface area contributed by atoms with Crippen LogP contribution in [0.4, 0.5) is 18.9 Å². The molecule has 4 heterocycles. The molecule has 3 aromatic heterocycles. The Hall–Kier alpha value is -2.92. The summed E-state index contributed by atoms with van der Waals surface area (Å²) in [6.07, 6.45) is -1.16. The molecule has 0 aliphatic carbocycles. The molecule has 1 N–H and O–H groups in total. The molecular formula is C20H17ClF3N5O2S. The van der Waals surface area contributed by atoms with Gasteiger partial charge in [-0.05, 0) is 36.4 Å². The van der Waals surface area contributed by atoms with Crippen molar-refractivity contribution in [1.29, 1.82) is 0 Å². The number of alkyl halides is 3. The predicted molar refractivity (Wildman–Crippen MR) is 115 cm³/mol. The number of aromatic nitrogens is 3. The topological polar surface area (TPSA) is 80.1 Å². The third-order valence-electron chi connectivity index (χ3n) is 5.11. The number of halogens is 4.